The summed E-state index contributed by atoms with van der Waals surface area (Å²) in [6, 6.07) is 11.4. The molecule has 0 atom stereocenters. The number of hydrazone groups is 1. The Hall–Kier alpha value is -2.52. The largest absolute Gasteiger partial charge is 0.457 e. The van der Waals surface area contributed by atoms with E-state index in [0.29, 0.717) is 17.1 Å². The van der Waals surface area contributed by atoms with Gasteiger partial charge in [-0.1, -0.05) is 15.9 Å². The van der Waals surface area contributed by atoms with Gasteiger partial charge in [0.25, 0.3) is 5.69 Å². The third kappa shape index (κ3) is 5.01. The lowest BCUT2D eigenvalue weighted by Gasteiger charge is -2.08. The van der Waals surface area contributed by atoms with Crippen molar-refractivity contribution >= 4 is 45.2 Å². The molecular formula is C14H11BrN4O3S. The van der Waals surface area contributed by atoms with E-state index in [2.05, 4.69) is 38.7 Å². The molecule has 0 saturated heterocycles. The van der Waals surface area contributed by atoms with Gasteiger partial charge in [-0.15, -0.1) is 0 Å². The van der Waals surface area contributed by atoms with E-state index < -0.39 is 4.92 Å². The monoisotopic (exact) mass is 394 g/mol. The average molecular weight is 395 g/mol. The fourth-order valence-electron chi connectivity index (χ4n) is 1.64. The average Bonchev–Trinajstić information content (AvgIpc) is 2.50. The second-order valence-corrected chi connectivity index (χ2v) is 5.62. The van der Waals surface area contributed by atoms with Gasteiger partial charge >= 0.3 is 0 Å². The summed E-state index contributed by atoms with van der Waals surface area (Å²) in [7, 11) is 0. The second kappa shape index (κ2) is 7.65. The van der Waals surface area contributed by atoms with Crippen LogP contribution in [-0.4, -0.2) is 16.3 Å². The minimum atomic E-state index is -0.498. The Kier molecular flexibility index (Phi) is 5.61. The van der Waals surface area contributed by atoms with E-state index in [1.165, 1.54) is 24.4 Å². The van der Waals surface area contributed by atoms with E-state index in [0.717, 1.165) is 4.47 Å². The molecule has 2 rings (SSSR count). The Morgan fingerprint density at radius 1 is 1.35 bits per heavy atom. The first-order valence-electron chi connectivity index (χ1n) is 6.26. The number of ether oxygens (including phenoxy) is 1. The summed E-state index contributed by atoms with van der Waals surface area (Å²) in [5, 5.41) is 14.7. The van der Waals surface area contributed by atoms with Gasteiger partial charge in [0, 0.05) is 22.2 Å². The summed E-state index contributed by atoms with van der Waals surface area (Å²) < 4.78 is 6.64. The lowest BCUT2D eigenvalue weighted by atomic mass is 10.2. The molecule has 0 bridgehead atoms. The molecule has 0 heterocycles. The standard InChI is InChI=1S/C14H11BrN4O3S/c15-10-1-4-12(5-2-10)22-13-6-3-11(19(20)21)7-9(13)8-17-18-14(16)23/h1-8H,(H3,16,18,23)/b17-8-. The smallest absolute Gasteiger partial charge is 0.270 e. The molecule has 0 saturated carbocycles. The van der Waals surface area contributed by atoms with Crippen LogP contribution in [0.1, 0.15) is 5.56 Å². The van der Waals surface area contributed by atoms with Crippen molar-refractivity contribution in [3.8, 4) is 11.5 Å². The SMILES string of the molecule is NC(=S)N/N=C\c1cc([N+](=O)[O-])ccc1Oc1ccc(Br)cc1. The first-order chi connectivity index (χ1) is 11.0. The summed E-state index contributed by atoms with van der Waals surface area (Å²) in [4.78, 5) is 10.4. The molecule has 9 heteroatoms. The molecule has 0 spiro atoms. The Bertz CT molecular complexity index is 765. The molecule has 0 aliphatic carbocycles. The van der Waals surface area contributed by atoms with Crippen LogP contribution in [0.2, 0.25) is 0 Å². The van der Waals surface area contributed by atoms with Crippen molar-refractivity contribution in [1.29, 1.82) is 0 Å². The summed E-state index contributed by atoms with van der Waals surface area (Å²) >= 11 is 7.97. The minimum absolute atomic E-state index is 0.0120. The molecule has 2 aromatic rings. The van der Waals surface area contributed by atoms with Gasteiger partial charge in [-0.3, -0.25) is 15.5 Å². The number of thiocarbonyl (C=S) groups is 1. The zero-order valence-electron chi connectivity index (χ0n) is 11.6. The number of nitro benzene ring substituents is 1. The van der Waals surface area contributed by atoms with Gasteiger partial charge < -0.3 is 10.5 Å². The molecule has 23 heavy (non-hydrogen) atoms. The van der Waals surface area contributed by atoms with Crippen LogP contribution in [0, 0.1) is 10.1 Å². The van der Waals surface area contributed by atoms with E-state index in [9.17, 15) is 10.1 Å². The van der Waals surface area contributed by atoms with Crippen molar-refractivity contribution in [2.45, 2.75) is 0 Å². The van der Waals surface area contributed by atoms with Crippen LogP contribution in [0.4, 0.5) is 5.69 Å². The minimum Gasteiger partial charge on any atom is -0.457 e. The lowest BCUT2D eigenvalue weighted by Crippen LogP contribution is -2.24. The number of hydrogen-bond donors (Lipinski definition) is 2. The molecule has 0 aliphatic rings. The maximum Gasteiger partial charge on any atom is 0.270 e. The summed E-state index contributed by atoms with van der Waals surface area (Å²) in [5.74, 6) is 0.991. The Morgan fingerprint density at radius 2 is 2.04 bits per heavy atom. The second-order valence-electron chi connectivity index (χ2n) is 4.27. The highest BCUT2D eigenvalue weighted by molar-refractivity contribution is 9.10. The number of halogens is 1. The normalized spacial score (nSPS) is 10.5. The van der Waals surface area contributed by atoms with Crippen LogP contribution in [0.25, 0.3) is 0 Å². The van der Waals surface area contributed by atoms with Gasteiger partial charge in [-0.25, -0.2) is 0 Å². The van der Waals surface area contributed by atoms with Crippen molar-refractivity contribution in [2.75, 3.05) is 0 Å². The van der Waals surface area contributed by atoms with Crippen molar-refractivity contribution < 1.29 is 9.66 Å². The number of benzene rings is 2. The maximum atomic E-state index is 10.9. The molecule has 0 unspecified atom stereocenters. The van der Waals surface area contributed by atoms with E-state index in [4.69, 9.17) is 10.5 Å². The number of nitrogens with one attached hydrogen (secondary N) is 1. The first-order valence-corrected chi connectivity index (χ1v) is 7.46. The van der Waals surface area contributed by atoms with Gasteiger partial charge in [-0.2, -0.15) is 5.10 Å². The van der Waals surface area contributed by atoms with Gasteiger partial charge in [0.1, 0.15) is 11.5 Å². The molecule has 2 aromatic carbocycles. The molecule has 7 nitrogen and oxygen atoms in total. The van der Waals surface area contributed by atoms with Gasteiger partial charge in [-0.05, 0) is 42.5 Å². The van der Waals surface area contributed by atoms with Gasteiger partial charge in [0.05, 0.1) is 11.1 Å². The predicted molar refractivity (Wildman–Crippen MR) is 94.8 cm³/mol. The molecule has 0 radical (unpaired) electrons. The van der Waals surface area contributed by atoms with E-state index in [1.54, 1.807) is 12.1 Å². The van der Waals surface area contributed by atoms with Crippen molar-refractivity contribution in [2.24, 2.45) is 10.8 Å². The molecular weight excluding hydrogens is 384 g/mol. The summed E-state index contributed by atoms with van der Waals surface area (Å²) in [6.45, 7) is 0. The van der Waals surface area contributed by atoms with Crippen molar-refractivity contribution in [3.05, 3.63) is 62.6 Å². The topological polar surface area (TPSA) is 103 Å². The third-order valence-corrected chi connectivity index (χ3v) is 3.24. The molecule has 3 N–H and O–H groups in total. The Balaban J connectivity index is 2.32. The van der Waals surface area contributed by atoms with Crippen LogP contribution < -0.4 is 15.9 Å². The lowest BCUT2D eigenvalue weighted by molar-refractivity contribution is -0.384. The number of hydrogen-bond acceptors (Lipinski definition) is 5. The molecule has 118 valence electrons. The third-order valence-electron chi connectivity index (χ3n) is 2.62. The van der Waals surface area contributed by atoms with Crippen LogP contribution in [0.5, 0.6) is 11.5 Å². The number of nitrogens with two attached hydrogens (primary N) is 1. The van der Waals surface area contributed by atoms with Crippen LogP contribution in [0.15, 0.2) is 52.0 Å². The molecule has 0 aliphatic heterocycles. The summed E-state index contributed by atoms with van der Waals surface area (Å²) in [6.07, 6.45) is 1.35. The Labute approximate surface area is 145 Å². The zero-order chi connectivity index (χ0) is 16.8. The van der Waals surface area contributed by atoms with E-state index in [1.807, 2.05) is 12.1 Å². The van der Waals surface area contributed by atoms with E-state index >= 15 is 0 Å². The molecule has 0 amide bonds. The fraction of sp³-hybridized carbons (Fsp3) is 0. The van der Waals surface area contributed by atoms with Crippen molar-refractivity contribution in [3.63, 3.8) is 0 Å². The van der Waals surface area contributed by atoms with Gasteiger partial charge in [0.2, 0.25) is 0 Å². The quantitative estimate of drug-likeness (QED) is 0.349. The highest BCUT2D eigenvalue weighted by Gasteiger charge is 2.11. The van der Waals surface area contributed by atoms with Crippen LogP contribution in [0.3, 0.4) is 0 Å². The Morgan fingerprint density at radius 3 is 2.65 bits per heavy atom. The summed E-state index contributed by atoms with van der Waals surface area (Å²) in [5.41, 5.74) is 7.99. The number of rotatable bonds is 5. The molecule has 0 fully saturated rings. The number of nitrogens with zero attached hydrogens (tertiary/aromatic N) is 2. The predicted octanol–water partition coefficient (Wildman–Crippen LogP) is 3.32. The maximum absolute atomic E-state index is 10.9. The van der Waals surface area contributed by atoms with Crippen LogP contribution in [-0.2, 0) is 0 Å². The fourth-order valence-corrected chi connectivity index (χ4v) is 1.96. The van der Waals surface area contributed by atoms with Crippen LogP contribution >= 0.6 is 28.1 Å². The van der Waals surface area contributed by atoms with Gasteiger partial charge in [0.15, 0.2) is 5.11 Å². The highest BCUT2D eigenvalue weighted by Crippen LogP contribution is 2.28. The molecule has 0 aromatic heterocycles. The zero-order valence-corrected chi connectivity index (χ0v) is 14.0. The van der Waals surface area contributed by atoms with Crippen molar-refractivity contribution in [1.82, 2.24) is 5.43 Å². The first kappa shape index (κ1) is 16.8. The highest BCUT2D eigenvalue weighted by atomic mass is 79.9. The van der Waals surface area contributed by atoms with E-state index in [-0.39, 0.29) is 10.8 Å². The number of nitro groups is 1. The number of non-ortho nitro benzene ring substituents is 1.